The molecule has 0 saturated heterocycles. The Kier molecular flexibility index (Phi) is 3.04. The summed E-state index contributed by atoms with van der Waals surface area (Å²) in [6.07, 6.45) is 6.27. The van der Waals surface area contributed by atoms with E-state index in [1.165, 1.54) is 12.8 Å². The van der Waals surface area contributed by atoms with Crippen LogP contribution in [0.3, 0.4) is 0 Å². The van der Waals surface area contributed by atoms with Crippen LogP contribution in [-0.2, 0) is 0 Å². The lowest BCUT2D eigenvalue weighted by molar-refractivity contribution is 0.536. The standard InChI is InChI=1S/C11H18N4/c1-8(9-3-4-9)5-14-11-7-13-6-10(12-2)15-11/h6-9H,3-5H2,1-2H3,(H2,12,14,15). The topological polar surface area (TPSA) is 49.8 Å². The Hall–Kier alpha value is -1.32. The van der Waals surface area contributed by atoms with Crippen molar-refractivity contribution in [3.63, 3.8) is 0 Å². The van der Waals surface area contributed by atoms with Gasteiger partial charge in [0.05, 0.1) is 12.4 Å². The lowest BCUT2D eigenvalue weighted by atomic mass is 10.1. The van der Waals surface area contributed by atoms with Gasteiger partial charge >= 0.3 is 0 Å². The van der Waals surface area contributed by atoms with Gasteiger partial charge in [-0.3, -0.25) is 4.98 Å². The van der Waals surface area contributed by atoms with E-state index in [4.69, 9.17) is 0 Å². The highest BCUT2D eigenvalue weighted by atomic mass is 15.1. The summed E-state index contributed by atoms with van der Waals surface area (Å²) in [4.78, 5) is 8.46. The van der Waals surface area contributed by atoms with Crippen LogP contribution in [0.25, 0.3) is 0 Å². The molecule has 1 atom stereocenters. The van der Waals surface area contributed by atoms with Crippen molar-refractivity contribution in [2.75, 3.05) is 24.2 Å². The van der Waals surface area contributed by atoms with Gasteiger partial charge in [0.1, 0.15) is 11.6 Å². The molecule has 1 aliphatic rings. The Morgan fingerprint density at radius 3 is 2.80 bits per heavy atom. The normalized spacial score (nSPS) is 17.2. The molecule has 15 heavy (non-hydrogen) atoms. The van der Waals surface area contributed by atoms with E-state index in [0.29, 0.717) is 0 Å². The smallest absolute Gasteiger partial charge is 0.146 e. The van der Waals surface area contributed by atoms with Gasteiger partial charge in [-0.25, -0.2) is 4.98 Å². The van der Waals surface area contributed by atoms with Gasteiger partial charge in [-0.1, -0.05) is 6.92 Å². The predicted molar refractivity (Wildman–Crippen MR) is 62.0 cm³/mol. The fourth-order valence-electron chi connectivity index (χ4n) is 1.67. The summed E-state index contributed by atoms with van der Waals surface area (Å²) in [5.41, 5.74) is 0. The summed E-state index contributed by atoms with van der Waals surface area (Å²) in [5.74, 6) is 3.33. The minimum absolute atomic E-state index is 0.741. The number of hydrogen-bond donors (Lipinski definition) is 2. The first-order valence-electron chi connectivity index (χ1n) is 5.53. The van der Waals surface area contributed by atoms with Gasteiger partial charge in [0, 0.05) is 13.6 Å². The van der Waals surface area contributed by atoms with Gasteiger partial charge in [-0.05, 0) is 24.7 Å². The highest BCUT2D eigenvalue weighted by Gasteiger charge is 2.27. The first-order valence-corrected chi connectivity index (χ1v) is 5.53. The molecule has 1 aromatic heterocycles. The summed E-state index contributed by atoms with van der Waals surface area (Å²) < 4.78 is 0. The van der Waals surface area contributed by atoms with Crippen LogP contribution in [0.5, 0.6) is 0 Å². The van der Waals surface area contributed by atoms with Crippen molar-refractivity contribution in [2.24, 2.45) is 11.8 Å². The van der Waals surface area contributed by atoms with E-state index in [9.17, 15) is 0 Å². The fourth-order valence-corrected chi connectivity index (χ4v) is 1.67. The van der Waals surface area contributed by atoms with Gasteiger partial charge in [-0.2, -0.15) is 0 Å². The predicted octanol–water partition coefficient (Wildman–Crippen LogP) is 1.98. The summed E-state index contributed by atoms with van der Waals surface area (Å²) in [6, 6.07) is 0. The quantitative estimate of drug-likeness (QED) is 0.773. The van der Waals surface area contributed by atoms with Crippen molar-refractivity contribution >= 4 is 11.6 Å². The van der Waals surface area contributed by atoms with Crippen LogP contribution in [0.2, 0.25) is 0 Å². The number of aromatic nitrogens is 2. The van der Waals surface area contributed by atoms with Crippen LogP contribution < -0.4 is 10.6 Å². The fraction of sp³-hybridized carbons (Fsp3) is 0.636. The van der Waals surface area contributed by atoms with E-state index in [-0.39, 0.29) is 0 Å². The Bertz CT molecular complexity index is 322. The molecule has 82 valence electrons. The maximum absolute atomic E-state index is 4.36. The zero-order valence-electron chi connectivity index (χ0n) is 9.33. The number of nitrogens with one attached hydrogen (secondary N) is 2. The van der Waals surface area contributed by atoms with Crippen LogP contribution in [0.4, 0.5) is 11.6 Å². The molecule has 4 heteroatoms. The summed E-state index contributed by atoms with van der Waals surface area (Å²) in [6.45, 7) is 3.28. The lowest BCUT2D eigenvalue weighted by Crippen LogP contribution is -2.14. The second-order valence-electron chi connectivity index (χ2n) is 4.24. The summed E-state index contributed by atoms with van der Waals surface area (Å²) in [7, 11) is 1.85. The summed E-state index contributed by atoms with van der Waals surface area (Å²) >= 11 is 0. The molecule has 1 aromatic rings. The molecule has 1 fully saturated rings. The van der Waals surface area contributed by atoms with E-state index >= 15 is 0 Å². The largest absolute Gasteiger partial charge is 0.372 e. The van der Waals surface area contributed by atoms with Crippen LogP contribution in [0, 0.1) is 11.8 Å². The average Bonchev–Trinajstić information content (AvgIpc) is 3.10. The second-order valence-corrected chi connectivity index (χ2v) is 4.24. The Morgan fingerprint density at radius 1 is 1.40 bits per heavy atom. The molecule has 2 rings (SSSR count). The molecule has 0 radical (unpaired) electrons. The summed E-state index contributed by atoms with van der Waals surface area (Å²) in [5, 5.41) is 6.30. The Labute approximate surface area is 90.5 Å². The van der Waals surface area contributed by atoms with E-state index in [2.05, 4.69) is 27.5 Å². The van der Waals surface area contributed by atoms with Crippen LogP contribution in [0.15, 0.2) is 12.4 Å². The van der Waals surface area contributed by atoms with Gasteiger partial charge in [0.15, 0.2) is 0 Å². The Morgan fingerprint density at radius 2 is 2.13 bits per heavy atom. The molecule has 0 aromatic carbocycles. The first kappa shape index (κ1) is 10.2. The van der Waals surface area contributed by atoms with Crippen molar-refractivity contribution in [1.82, 2.24) is 9.97 Å². The number of nitrogens with zero attached hydrogens (tertiary/aromatic N) is 2. The SMILES string of the molecule is CNc1cncc(NCC(C)C2CC2)n1. The molecule has 0 spiro atoms. The van der Waals surface area contributed by atoms with Gasteiger partial charge in [0.25, 0.3) is 0 Å². The third-order valence-electron chi connectivity index (χ3n) is 2.92. The monoisotopic (exact) mass is 206 g/mol. The van der Waals surface area contributed by atoms with E-state index in [1.54, 1.807) is 12.4 Å². The molecular weight excluding hydrogens is 188 g/mol. The molecule has 1 heterocycles. The zero-order chi connectivity index (χ0) is 10.7. The third kappa shape index (κ3) is 2.81. The van der Waals surface area contributed by atoms with Crippen LogP contribution in [0.1, 0.15) is 19.8 Å². The molecular formula is C11H18N4. The van der Waals surface area contributed by atoms with E-state index in [0.717, 1.165) is 30.0 Å². The van der Waals surface area contributed by atoms with Crippen molar-refractivity contribution in [3.8, 4) is 0 Å². The number of hydrogen-bond acceptors (Lipinski definition) is 4. The minimum atomic E-state index is 0.741. The molecule has 0 aliphatic heterocycles. The Balaban J connectivity index is 1.86. The van der Waals surface area contributed by atoms with Gasteiger partial charge < -0.3 is 10.6 Å². The lowest BCUT2D eigenvalue weighted by Gasteiger charge is -2.11. The molecule has 2 N–H and O–H groups in total. The maximum Gasteiger partial charge on any atom is 0.146 e. The number of anilines is 2. The number of rotatable bonds is 5. The second kappa shape index (κ2) is 4.47. The first-order chi connectivity index (χ1) is 7.29. The van der Waals surface area contributed by atoms with Crippen molar-refractivity contribution in [2.45, 2.75) is 19.8 Å². The molecule has 4 nitrogen and oxygen atoms in total. The third-order valence-corrected chi connectivity index (χ3v) is 2.92. The van der Waals surface area contributed by atoms with Gasteiger partial charge in [-0.15, -0.1) is 0 Å². The van der Waals surface area contributed by atoms with Gasteiger partial charge in [0.2, 0.25) is 0 Å². The average molecular weight is 206 g/mol. The highest BCUT2D eigenvalue weighted by Crippen LogP contribution is 2.36. The van der Waals surface area contributed by atoms with Crippen molar-refractivity contribution < 1.29 is 0 Å². The van der Waals surface area contributed by atoms with Crippen LogP contribution in [-0.4, -0.2) is 23.6 Å². The zero-order valence-corrected chi connectivity index (χ0v) is 9.33. The molecule has 0 bridgehead atoms. The van der Waals surface area contributed by atoms with Crippen molar-refractivity contribution in [1.29, 1.82) is 0 Å². The van der Waals surface area contributed by atoms with E-state index < -0.39 is 0 Å². The van der Waals surface area contributed by atoms with Crippen LogP contribution >= 0.6 is 0 Å². The maximum atomic E-state index is 4.36. The highest BCUT2D eigenvalue weighted by molar-refractivity contribution is 5.40. The minimum Gasteiger partial charge on any atom is -0.372 e. The van der Waals surface area contributed by atoms with Crippen molar-refractivity contribution in [3.05, 3.63) is 12.4 Å². The molecule has 0 amide bonds. The molecule has 1 saturated carbocycles. The molecule has 1 aliphatic carbocycles. The van der Waals surface area contributed by atoms with E-state index in [1.807, 2.05) is 7.05 Å². The molecule has 1 unspecified atom stereocenters.